The summed E-state index contributed by atoms with van der Waals surface area (Å²) in [7, 11) is 12.9. The van der Waals surface area contributed by atoms with Crippen LogP contribution >= 0.6 is 43.5 Å². The van der Waals surface area contributed by atoms with Crippen LogP contribution in [0.1, 0.15) is 230 Å². The fourth-order valence-electron chi connectivity index (χ4n) is 17.0. The molecule has 4 aliphatic rings. The maximum absolute atomic E-state index is 13.8. The Morgan fingerprint density at radius 3 is 1.36 bits per heavy atom. The highest BCUT2D eigenvalue weighted by Crippen LogP contribution is 2.41. The van der Waals surface area contributed by atoms with Crippen LogP contribution in [0.4, 0.5) is 17.1 Å². The lowest BCUT2D eigenvalue weighted by Crippen LogP contribution is -2.42. The Labute approximate surface area is 688 Å². The Balaban J connectivity index is 0.000000214. The third-order valence-electron chi connectivity index (χ3n) is 23.6. The van der Waals surface area contributed by atoms with E-state index >= 15 is 0 Å². The number of hydrogen-bond donors (Lipinski definition) is 6. The molecular formula is C90H125Br2ClN12O7. The molecule has 19 nitrogen and oxygen atoms in total. The molecule has 0 atom stereocenters. The lowest BCUT2D eigenvalue weighted by atomic mass is 9.88. The number of allylic oxidation sites excluding steroid dienone is 3. The van der Waals surface area contributed by atoms with Gasteiger partial charge in [-0.3, -0.25) is 33.6 Å². The Bertz CT molecular complexity index is 4500. The number of amides is 4. The minimum absolute atomic E-state index is 0.0688. The standard InChI is InChI=1S/C37H51N5O3.C27H39BrN4O2.C26H35BrClN3O2/c1-8-10-19-38-35(43)28-13-11-27(12-14-28)29-21-32(36(44)39-23-33-24(3)20-25(4)40-37(33)45)26(5)34(22-29)42(9-2)31-17-15-30(16-18-31)41(6)7;1-8-32(21-11-9-20(10-12-21)31(6)7)24-14-23(28)18(4)25(19(24)5)27(34)29-15-22-16(2)13-17(3)30-26(22)33;1-6-31(20-9-7-19(8-10-20)30(4)5)23-14-18(27)13-21(25(23)28)26(33)29-15-22-17(3)11-16(2)12-24(22)32/h11-14,20-22,30-31H,8-10,15-19,23H2,1-7H3,(H,38,43)(H,39,44)(H,40,45);13-14,20-21H,8-12,15H2,1-7H3,(H,29,34)(H,30,33);11,13-14,19-20H,6-10,12,15H2,1-5H3,(H,29,33). The Hall–Kier alpha value is -7.66. The summed E-state index contributed by atoms with van der Waals surface area (Å²) in [6.07, 6.45) is 18.1. The number of rotatable bonds is 26. The van der Waals surface area contributed by atoms with Crippen molar-refractivity contribution in [3.8, 4) is 11.1 Å². The molecule has 0 unspecified atom stereocenters. The summed E-state index contributed by atoms with van der Waals surface area (Å²) in [4.78, 5) is 110. The molecule has 6 aromatic rings. The molecular weight excluding hydrogens is 1560 g/mol. The van der Waals surface area contributed by atoms with Crippen molar-refractivity contribution in [1.29, 1.82) is 0 Å². The first kappa shape index (κ1) is 89.9. The van der Waals surface area contributed by atoms with Crippen LogP contribution in [-0.2, 0) is 17.9 Å². The molecule has 0 saturated heterocycles. The van der Waals surface area contributed by atoms with E-state index in [4.69, 9.17) is 11.6 Å². The number of Topliss-reactive ketones (excluding diaryl/α,β-unsaturated/α-hetero) is 1. The summed E-state index contributed by atoms with van der Waals surface area (Å²) in [6, 6.07) is 24.7. The summed E-state index contributed by atoms with van der Waals surface area (Å²) in [5.74, 6) is -0.640. The van der Waals surface area contributed by atoms with Crippen molar-refractivity contribution in [1.82, 2.24) is 45.9 Å². The van der Waals surface area contributed by atoms with Crippen LogP contribution in [0.15, 0.2) is 108 Å². The van der Waals surface area contributed by atoms with Crippen molar-refractivity contribution in [2.75, 3.05) is 89.7 Å². The van der Waals surface area contributed by atoms with E-state index in [1.807, 2.05) is 117 Å². The van der Waals surface area contributed by atoms with Crippen LogP contribution in [0.5, 0.6) is 0 Å². The van der Waals surface area contributed by atoms with E-state index < -0.39 is 0 Å². The van der Waals surface area contributed by atoms with Gasteiger partial charge in [-0.25, -0.2) is 0 Å². The second-order valence-electron chi connectivity index (χ2n) is 32.0. The minimum Gasteiger partial charge on any atom is -0.369 e. The van der Waals surface area contributed by atoms with Gasteiger partial charge in [-0.2, -0.15) is 0 Å². The van der Waals surface area contributed by atoms with Crippen molar-refractivity contribution in [2.45, 2.75) is 236 Å². The van der Waals surface area contributed by atoms with Crippen molar-refractivity contribution >= 4 is 89.9 Å². The van der Waals surface area contributed by atoms with E-state index in [0.29, 0.717) is 93.2 Å². The van der Waals surface area contributed by atoms with Gasteiger partial charge in [0.15, 0.2) is 5.78 Å². The molecule has 2 aromatic heterocycles. The summed E-state index contributed by atoms with van der Waals surface area (Å²) in [6.45, 7) is 29.8. The largest absolute Gasteiger partial charge is 0.369 e. The van der Waals surface area contributed by atoms with Crippen LogP contribution < -0.4 is 47.1 Å². The number of aryl methyl sites for hydroxylation is 4. The number of pyridine rings is 2. The number of aromatic amines is 2. The lowest BCUT2D eigenvalue weighted by molar-refractivity contribution is -0.115. The molecule has 6 N–H and O–H groups in total. The summed E-state index contributed by atoms with van der Waals surface area (Å²) >= 11 is 14.1. The molecule has 0 radical (unpaired) electrons. The SMILES string of the molecule is CCCCNC(=O)c1ccc(-c2cc(C(=O)NCc3c(C)cc(C)[nH]c3=O)c(C)c(N(CC)C3CCC(N(C)C)CC3)c2)cc1.CCN(c1cc(Br)c(C)c(C(=O)NCc2c(C)cc(C)[nH]c2=O)c1C)C1CCC(N(C)C)CC1.CCN(c1cc(Br)cc(C(=O)NCC2=C(C)C=C(C)CC2=O)c1Cl)C1CCC(N(C)C)CC1. The van der Waals surface area contributed by atoms with Gasteiger partial charge in [0.25, 0.3) is 34.7 Å². The number of nitrogens with one attached hydrogen (secondary N) is 6. The van der Waals surface area contributed by atoms with Crippen molar-refractivity contribution in [3.63, 3.8) is 0 Å². The van der Waals surface area contributed by atoms with Crippen LogP contribution in [0, 0.1) is 48.5 Å². The highest BCUT2D eigenvalue weighted by Gasteiger charge is 2.33. The number of carbonyl (C=O) groups is 5. The molecule has 22 heteroatoms. The maximum atomic E-state index is 13.8. The van der Waals surface area contributed by atoms with Gasteiger partial charge >= 0.3 is 0 Å². The van der Waals surface area contributed by atoms with Gasteiger partial charge in [0.05, 0.1) is 16.3 Å². The van der Waals surface area contributed by atoms with E-state index in [1.54, 1.807) is 6.07 Å². The first-order valence-corrected chi connectivity index (χ1v) is 42.4. The smallest absolute Gasteiger partial charge is 0.253 e. The fourth-order valence-corrected chi connectivity index (χ4v) is 18.2. The molecule has 608 valence electrons. The van der Waals surface area contributed by atoms with E-state index in [2.05, 4.69) is 175 Å². The molecule has 4 amide bonds. The number of nitrogens with zero attached hydrogens (tertiary/aromatic N) is 6. The monoisotopic (exact) mass is 1680 g/mol. The number of ketones is 1. The van der Waals surface area contributed by atoms with Crippen LogP contribution in [0.3, 0.4) is 0 Å². The topological polar surface area (TPSA) is 219 Å². The summed E-state index contributed by atoms with van der Waals surface area (Å²) in [5.41, 5.74) is 16.9. The summed E-state index contributed by atoms with van der Waals surface area (Å²) in [5, 5.41) is 12.4. The molecule has 2 heterocycles. The predicted molar refractivity (Wildman–Crippen MR) is 469 cm³/mol. The zero-order chi connectivity index (χ0) is 82.1. The van der Waals surface area contributed by atoms with Gasteiger partial charge in [0.2, 0.25) is 0 Å². The second kappa shape index (κ2) is 41.6. The Kier molecular flexibility index (Phi) is 33.4. The predicted octanol–water partition coefficient (Wildman–Crippen LogP) is 16.9. The molecule has 0 bridgehead atoms. The van der Waals surface area contributed by atoms with Crippen LogP contribution in [0.25, 0.3) is 11.1 Å². The number of H-pyrrole nitrogens is 2. The van der Waals surface area contributed by atoms with Gasteiger partial charge in [-0.05, 0) is 308 Å². The van der Waals surface area contributed by atoms with Crippen molar-refractivity contribution in [3.05, 3.63) is 197 Å². The average molecular weight is 1680 g/mol. The van der Waals surface area contributed by atoms with E-state index in [0.717, 1.165) is 184 Å². The molecule has 3 fully saturated rings. The van der Waals surface area contributed by atoms with E-state index in [9.17, 15) is 33.6 Å². The highest BCUT2D eigenvalue weighted by atomic mass is 79.9. The van der Waals surface area contributed by atoms with Crippen molar-refractivity contribution < 1.29 is 24.0 Å². The van der Waals surface area contributed by atoms with Gasteiger partial charge in [0, 0.05) is 154 Å². The molecule has 0 aliphatic heterocycles. The quantitative estimate of drug-likeness (QED) is 0.0279. The zero-order valence-corrected chi connectivity index (χ0v) is 74.1. The Morgan fingerprint density at radius 2 is 0.911 bits per heavy atom. The number of unbranched alkanes of at least 4 members (excludes halogenated alkanes) is 1. The van der Waals surface area contributed by atoms with Gasteiger partial charge in [0.1, 0.15) is 0 Å². The first-order valence-electron chi connectivity index (χ1n) is 40.4. The molecule has 10 rings (SSSR count). The molecule has 112 heavy (non-hydrogen) atoms. The van der Waals surface area contributed by atoms with Gasteiger partial charge in [-0.15, -0.1) is 0 Å². The molecule has 0 spiro atoms. The van der Waals surface area contributed by atoms with Crippen LogP contribution in [-0.4, -0.2) is 165 Å². The fraction of sp³-hybridized carbons (Fsp3) is 0.522. The second-order valence-corrected chi connectivity index (χ2v) is 34.1. The van der Waals surface area contributed by atoms with E-state index in [-0.39, 0.29) is 60.2 Å². The number of benzene rings is 4. The van der Waals surface area contributed by atoms with Crippen molar-refractivity contribution in [2.24, 2.45) is 0 Å². The number of halogens is 3. The van der Waals surface area contributed by atoms with E-state index in [1.165, 1.54) is 12.8 Å². The van der Waals surface area contributed by atoms with Gasteiger partial charge < -0.3 is 60.6 Å². The summed E-state index contributed by atoms with van der Waals surface area (Å²) < 4.78 is 1.75. The zero-order valence-electron chi connectivity index (χ0n) is 70.1. The highest BCUT2D eigenvalue weighted by molar-refractivity contribution is 9.10. The molecule has 3 saturated carbocycles. The Morgan fingerprint density at radius 1 is 0.473 bits per heavy atom. The van der Waals surface area contributed by atoms with Crippen LogP contribution in [0.2, 0.25) is 5.02 Å². The normalized spacial score (nSPS) is 18.4. The van der Waals surface area contributed by atoms with Gasteiger partial charge in [-0.1, -0.05) is 80.6 Å². The maximum Gasteiger partial charge on any atom is 0.253 e. The molecule has 4 aliphatic carbocycles. The number of hydrogen-bond acceptors (Lipinski definition) is 13. The molecule has 4 aromatic carbocycles. The lowest BCUT2D eigenvalue weighted by Gasteiger charge is -2.40. The third kappa shape index (κ3) is 22.9. The number of carbonyl (C=O) groups excluding carboxylic acids is 5. The average Bonchev–Trinajstić information content (AvgIpc) is 0.792. The first-order chi connectivity index (χ1) is 53.2. The number of aromatic nitrogens is 2. The minimum atomic E-state index is -0.269. The number of anilines is 3. The third-order valence-corrected chi connectivity index (χ3v) is 25.3.